The summed E-state index contributed by atoms with van der Waals surface area (Å²) in [6, 6.07) is 0. The molecule has 1 rings (SSSR count). The molecule has 0 radical (unpaired) electrons. The Hall–Kier alpha value is -1.10. The lowest BCUT2D eigenvalue weighted by Crippen LogP contribution is -2.48. The highest BCUT2D eigenvalue weighted by atomic mass is 16.2. The van der Waals surface area contributed by atoms with Gasteiger partial charge in [0.1, 0.15) is 0 Å². The van der Waals surface area contributed by atoms with E-state index >= 15 is 0 Å². The average molecular weight is 269 g/mol. The number of amides is 2. The smallest absolute Gasteiger partial charge is 0.221 e. The Morgan fingerprint density at radius 1 is 1.21 bits per heavy atom. The summed E-state index contributed by atoms with van der Waals surface area (Å²) in [5, 5.41) is 2.90. The summed E-state index contributed by atoms with van der Waals surface area (Å²) < 4.78 is 0. The fourth-order valence-corrected chi connectivity index (χ4v) is 3.00. The van der Waals surface area contributed by atoms with Gasteiger partial charge in [0.05, 0.1) is 0 Å². The predicted molar refractivity (Wildman–Crippen MR) is 75.2 cm³/mol. The highest BCUT2D eigenvalue weighted by Gasteiger charge is 2.34. The first-order valence-electron chi connectivity index (χ1n) is 7.08. The van der Waals surface area contributed by atoms with E-state index in [2.05, 4.69) is 5.32 Å². The molecule has 0 aliphatic heterocycles. The summed E-state index contributed by atoms with van der Waals surface area (Å²) >= 11 is 0. The molecule has 0 heterocycles. The van der Waals surface area contributed by atoms with Crippen LogP contribution < -0.4 is 16.8 Å². The molecule has 5 nitrogen and oxygen atoms in total. The van der Waals surface area contributed by atoms with Crippen LogP contribution in [0.2, 0.25) is 0 Å². The van der Waals surface area contributed by atoms with Gasteiger partial charge in [-0.05, 0) is 38.6 Å². The Morgan fingerprint density at radius 3 is 2.26 bits per heavy atom. The minimum atomic E-state index is -0.590. The minimum Gasteiger partial charge on any atom is -0.370 e. The molecular formula is C14H27N3O2. The zero-order chi connectivity index (χ0) is 14.5. The van der Waals surface area contributed by atoms with E-state index in [1.165, 1.54) is 6.42 Å². The third-order valence-electron chi connectivity index (χ3n) is 3.98. The lowest BCUT2D eigenvalue weighted by Gasteiger charge is -2.36. The normalized spacial score (nSPS) is 18.9. The van der Waals surface area contributed by atoms with Crippen LogP contribution in [0.25, 0.3) is 0 Å². The molecular weight excluding hydrogens is 242 g/mol. The fraction of sp³-hybridized carbons (Fsp3) is 0.857. The van der Waals surface area contributed by atoms with E-state index in [4.69, 9.17) is 11.5 Å². The van der Waals surface area contributed by atoms with Gasteiger partial charge in [0.15, 0.2) is 0 Å². The first-order chi connectivity index (χ1) is 8.79. The number of carbonyl (C=O) groups excluding carboxylic acids is 2. The van der Waals surface area contributed by atoms with E-state index in [0.717, 1.165) is 25.7 Å². The summed E-state index contributed by atoms with van der Waals surface area (Å²) in [4.78, 5) is 23.1. The molecule has 1 aliphatic rings. The highest BCUT2D eigenvalue weighted by molar-refractivity contribution is 5.80. The third kappa shape index (κ3) is 5.19. The lowest BCUT2D eigenvalue weighted by atomic mass is 9.71. The number of hydrogen-bond acceptors (Lipinski definition) is 3. The molecule has 1 fully saturated rings. The number of carbonyl (C=O) groups is 2. The van der Waals surface area contributed by atoms with Crippen LogP contribution in [0.5, 0.6) is 0 Å². The van der Waals surface area contributed by atoms with Gasteiger partial charge in [-0.3, -0.25) is 9.59 Å². The van der Waals surface area contributed by atoms with Gasteiger partial charge in [-0.2, -0.15) is 0 Å². The van der Waals surface area contributed by atoms with Crippen molar-refractivity contribution in [2.45, 2.75) is 64.3 Å². The molecule has 0 saturated heterocycles. The van der Waals surface area contributed by atoms with Crippen LogP contribution in [0.4, 0.5) is 0 Å². The SMILES string of the molecule is CC(C)(CC(N)=O)NC(=O)CC1(CN)CCCCC1. The Bertz CT molecular complexity index is 334. The summed E-state index contributed by atoms with van der Waals surface area (Å²) in [5.74, 6) is -0.435. The average Bonchev–Trinajstić information content (AvgIpc) is 2.27. The quantitative estimate of drug-likeness (QED) is 0.672. The maximum absolute atomic E-state index is 12.2. The second-order valence-electron chi connectivity index (χ2n) is 6.52. The van der Waals surface area contributed by atoms with Gasteiger partial charge in [-0.25, -0.2) is 0 Å². The van der Waals surface area contributed by atoms with Gasteiger partial charge in [0.2, 0.25) is 11.8 Å². The molecule has 0 aromatic rings. The molecule has 0 atom stereocenters. The summed E-state index contributed by atoms with van der Waals surface area (Å²) in [6.07, 6.45) is 6.17. The van der Waals surface area contributed by atoms with Gasteiger partial charge < -0.3 is 16.8 Å². The molecule has 0 aromatic carbocycles. The molecule has 0 bridgehead atoms. The number of rotatable bonds is 6. The Kier molecular flexibility index (Phi) is 5.35. The molecule has 0 spiro atoms. The third-order valence-corrected chi connectivity index (χ3v) is 3.98. The highest BCUT2D eigenvalue weighted by Crippen LogP contribution is 2.38. The van der Waals surface area contributed by atoms with E-state index in [9.17, 15) is 9.59 Å². The maximum Gasteiger partial charge on any atom is 0.221 e. The van der Waals surface area contributed by atoms with Gasteiger partial charge in [0.25, 0.3) is 0 Å². The number of primary amides is 1. The number of nitrogens with one attached hydrogen (secondary N) is 1. The largest absolute Gasteiger partial charge is 0.370 e. The van der Waals surface area contributed by atoms with Crippen molar-refractivity contribution in [1.82, 2.24) is 5.32 Å². The van der Waals surface area contributed by atoms with E-state index < -0.39 is 11.4 Å². The maximum atomic E-state index is 12.2. The van der Waals surface area contributed by atoms with Crippen LogP contribution in [0, 0.1) is 5.41 Å². The first kappa shape index (κ1) is 16.0. The summed E-state index contributed by atoms with van der Waals surface area (Å²) in [7, 11) is 0. The van der Waals surface area contributed by atoms with Crippen molar-refractivity contribution in [1.29, 1.82) is 0 Å². The summed E-state index contributed by atoms with van der Waals surface area (Å²) in [6.45, 7) is 4.17. The van der Waals surface area contributed by atoms with E-state index in [1.54, 1.807) is 0 Å². The minimum absolute atomic E-state index is 0.0291. The van der Waals surface area contributed by atoms with E-state index in [-0.39, 0.29) is 17.7 Å². The second kappa shape index (κ2) is 6.37. The standard InChI is InChI=1S/C14H27N3O2/c1-13(2,8-11(16)18)17-12(19)9-14(10-15)6-4-3-5-7-14/h3-10,15H2,1-2H3,(H2,16,18)(H,17,19). The van der Waals surface area contributed by atoms with Crippen LogP contribution in [-0.4, -0.2) is 23.9 Å². The zero-order valence-corrected chi connectivity index (χ0v) is 12.1. The van der Waals surface area contributed by atoms with Crippen LogP contribution in [0.3, 0.4) is 0 Å². The topological polar surface area (TPSA) is 98.2 Å². The van der Waals surface area contributed by atoms with Crippen molar-refractivity contribution in [3.8, 4) is 0 Å². The van der Waals surface area contributed by atoms with Crippen molar-refractivity contribution >= 4 is 11.8 Å². The van der Waals surface area contributed by atoms with Crippen molar-refractivity contribution in [3.63, 3.8) is 0 Å². The van der Waals surface area contributed by atoms with Crippen LogP contribution >= 0.6 is 0 Å². The van der Waals surface area contributed by atoms with Crippen LogP contribution in [0.15, 0.2) is 0 Å². The second-order valence-corrected chi connectivity index (χ2v) is 6.52. The Labute approximate surface area is 115 Å². The van der Waals surface area contributed by atoms with Crippen molar-refractivity contribution < 1.29 is 9.59 Å². The number of nitrogens with two attached hydrogens (primary N) is 2. The Morgan fingerprint density at radius 2 is 1.79 bits per heavy atom. The molecule has 5 N–H and O–H groups in total. The molecule has 1 aliphatic carbocycles. The van der Waals surface area contributed by atoms with Crippen molar-refractivity contribution in [3.05, 3.63) is 0 Å². The lowest BCUT2D eigenvalue weighted by molar-refractivity contribution is -0.126. The molecule has 2 amide bonds. The monoisotopic (exact) mass is 269 g/mol. The Balaban J connectivity index is 2.55. The molecule has 1 saturated carbocycles. The number of hydrogen-bond donors (Lipinski definition) is 3. The zero-order valence-electron chi connectivity index (χ0n) is 12.1. The van der Waals surface area contributed by atoms with Crippen molar-refractivity contribution in [2.24, 2.45) is 16.9 Å². The van der Waals surface area contributed by atoms with Gasteiger partial charge in [0, 0.05) is 18.4 Å². The van der Waals surface area contributed by atoms with E-state index in [0.29, 0.717) is 13.0 Å². The van der Waals surface area contributed by atoms with Gasteiger partial charge in [-0.15, -0.1) is 0 Å². The van der Waals surface area contributed by atoms with Gasteiger partial charge >= 0.3 is 0 Å². The van der Waals surface area contributed by atoms with Crippen molar-refractivity contribution in [2.75, 3.05) is 6.54 Å². The van der Waals surface area contributed by atoms with Gasteiger partial charge in [-0.1, -0.05) is 19.3 Å². The van der Waals surface area contributed by atoms with E-state index in [1.807, 2.05) is 13.8 Å². The van der Waals surface area contributed by atoms with Crippen LogP contribution in [-0.2, 0) is 9.59 Å². The van der Waals surface area contributed by atoms with Crippen LogP contribution in [0.1, 0.15) is 58.8 Å². The summed E-state index contributed by atoms with van der Waals surface area (Å²) in [5.41, 5.74) is 10.4. The molecule has 0 unspecified atom stereocenters. The molecule has 19 heavy (non-hydrogen) atoms. The predicted octanol–water partition coefficient (Wildman–Crippen LogP) is 1.06. The molecule has 0 aromatic heterocycles. The first-order valence-corrected chi connectivity index (χ1v) is 7.08. The fourth-order valence-electron chi connectivity index (χ4n) is 3.00. The molecule has 5 heteroatoms. The molecule has 110 valence electrons.